The zero-order valence-corrected chi connectivity index (χ0v) is 15.8. The van der Waals surface area contributed by atoms with Gasteiger partial charge in [0.15, 0.2) is 0 Å². The number of carbonyl (C=O) groups is 1. The first-order valence-corrected chi connectivity index (χ1v) is 10.1. The number of rotatable bonds is 6. The van der Waals surface area contributed by atoms with Gasteiger partial charge in [0.1, 0.15) is 11.8 Å². The Labute approximate surface area is 157 Å². The van der Waals surface area contributed by atoms with Crippen LogP contribution in [-0.2, 0) is 20.6 Å². The summed E-state index contributed by atoms with van der Waals surface area (Å²) in [7, 11) is -2.12. The number of halogens is 1. The van der Waals surface area contributed by atoms with Gasteiger partial charge in [-0.25, -0.2) is 13.1 Å². The van der Waals surface area contributed by atoms with Gasteiger partial charge in [-0.15, -0.1) is 0 Å². The van der Waals surface area contributed by atoms with Crippen LogP contribution in [0, 0.1) is 0 Å². The van der Waals surface area contributed by atoms with Crippen LogP contribution in [0.15, 0.2) is 48.5 Å². The van der Waals surface area contributed by atoms with Crippen LogP contribution >= 0.6 is 11.6 Å². The smallest absolute Gasteiger partial charge is 0.245 e. The van der Waals surface area contributed by atoms with Crippen molar-refractivity contribution in [3.63, 3.8) is 0 Å². The number of benzene rings is 2. The summed E-state index contributed by atoms with van der Waals surface area (Å²) in [5, 5.41) is 0.385. The van der Waals surface area contributed by atoms with Crippen molar-refractivity contribution in [3.8, 4) is 5.75 Å². The Morgan fingerprint density at radius 1 is 1.19 bits per heavy atom. The molecule has 0 aliphatic carbocycles. The molecule has 8 heteroatoms. The highest BCUT2D eigenvalue weighted by Crippen LogP contribution is 2.25. The molecular formula is C18H19ClN2O4S. The summed E-state index contributed by atoms with van der Waals surface area (Å²) in [4.78, 5) is 14.2. The molecule has 26 heavy (non-hydrogen) atoms. The fraction of sp³-hybridized carbons (Fsp3) is 0.278. The number of sulfonamides is 1. The number of amides is 1. The van der Waals surface area contributed by atoms with Gasteiger partial charge in [0.25, 0.3) is 0 Å². The summed E-state index contributed by atoms with van der Waals surface area (Å²) < 4.78 is 32.5. The summed E-state index contributed by atoms with van der Waals surface area (Å²) in [5.41, 5.74) is 1.21. The minimum atomic E-state index is -3.69. The van der Waals surface area contributed by atoms with Crippen LogP contribution in [0.1, 0.15) is 12.0 Å². The van der Waals surface area contributed by atoms with Crippen LogP contribution in [0.3, 0.4) is 0 Å². The lowest BCUT2D eigenvalue weighted by molar-refractivity contribution is -0.118. The predicted octanol–water partition coefficient (Wildman–Crippen LogP) is 2.57. The largest absolute Gasteiger partial charge is 0.497 e. The van der Waals surface area contributed by atoms with Crippen LogP contribution < -0.4 is 14.4 Å². The monoisotopic (exact) mass is 394 g/mol. The molecule has 0 radical (unpaired) electrons. The molecule has 1 aliphatic heterocycles. The molecule has 1 fully saturated rings. The van der Waals surface area contributed by atoms with Crippen molar-refractivity contribution in [1.29, 1.82) is 0 Å². The zero-order chi connectivity index (χ0) is 18.7. The van der Waals surface area contributed by atoms with Gasteiger partial charge < -0.3 is 9.64 Å². The van der Waals surface area contributed by atoms with Crippen molar-refractivity contribution in [2.45, 2.75) is 18.2 Å². The molecule has 1 aliphatic rings. The predicted molar refractivity (Wildman–Crippen MR) is 101 cm³/mol. The Kier molecular flexibility index (Phi) is 5.50. The van der Waals surface area contributed by atoms with E-state index in [4.69, 9.17) is 16.3 Å². The second kappa shape index (κ2) is 7.65. The minimum Gasteiger partial charge on any atom is -0.497 e. The van der Waals surface area contributed by atoms with E-state index in [0.29, 0.717) is 35.0 Å². The second-order valence-electron chi connectivity index (χ2n) is 6.00. The maximum atomic E-state index is 12.6. The van der Waals surface area contributed by atoms with Gasteiger partial charge in [0.2, 0.25) is 15.9 Å². The van der Waals surface area contributed by atoms with Crippen LogP contribution in [0.2, 0.25) is 5.02 Å². The fourth-order valence-corrected chi connectivity index (χ4v) is 4.56. The molecule has 0 bridgehead atoms. The summed E-state index contributed by atoms with van der Waals surface area (Å²) in [6.07, 6.45) is 0.409. The summed E-state index contributed by atoms with van der Waals surface area (Å²) >= 11 is 6.03. The van der Waals surface area contributed by atoms with Crippen molar-refractivity contribution >= 4 is 33.2 Å². The lowest BCUT2D eigenvalue weighted by Gasteiger charge is -2.18. The lowest BCUT2D eigenvalue weighted by Crippen LogP contribution is -2.42. The Bertz CT molecular complexity index is 900. The van der Waals surface area contributed by atoms with Crippen LogP contribution in [-0.4, -0.2) is 34.0 Å². The van der Waals surface area contributed by atoms with E-state index in [9.17, 15) is 13.2 Å². The van der Waals surface area contributed by atoms with Gasteiger partial charge in [-0.1, -0.05) is 29.8 Å². The van der Waals surface area contributed by atoms with Gasteiger partial charge in [-0.05, 0) is 42.3 Å². The summed E-state index contributed by atoms with van der Waals surface area (Å²) in [6, 6.07) is 13.1. The molecular weight excluding hydrogens is 376 g/mol. The Morgan fingerprint density at radius 3 is 2.54 bits per heavy atom. The third kappa shape index (κ3) is 4.17. The van der Waals surface area contributed by atoms with Gasteiger partial charge >= 0.3 is 0 Å². The lowest BCUT2D eigenvalue weighted by atomic mass is 10.2. The van der Waals surface area contributed by atoms with Crippen molar-refractivity contribution < 1.29 is 17.9 Å². The Hall–Kier alpha value is -2.09. The van der Waals surface area contributed by atoms with Crippen molar-refractivity contribution in [2.24, 2.45) is 0 Å². The first kappa shape index (κ1) is 18.7. The first-order valence-electron chi connectivity index (χ1n) is 8.08. The topological polar surface area (TPSA) is 75.7 Å². The molecule has 0 aromatic heterocycles. The maximum Gasteiger partial charge on any atom is 0.245 e. The van der Waals surface area contributed by atoms with Crippen LogP contribution in [0.25, 0.3) is 0 Å². The normalized spacial score (nSPS) is 17.5. The molecule has 0 saturated carbocycles. The highest BCUT2D eigenvalue weighted by atomic mass is 35.5. The van der Waals surface area contributed by atoms with Crippen molar-refractivity contribution in [3.05, 3.63) is 59.1 Å². The highest BCUT2D eigenvalue weighted by molar-refractivity contribution is 7.88. The van der Waals surface area contributed by atoms with Gasteiger partial charge in [0.05, 0.1) is 12.9 Å². The number of hydrogen-bond acceptors (Lipinski definition) is 4. The zero-order valence-electron chi connectivity index (χ0n) is 14.2. The number of hydrogen-bond donors (Lipinski definition) is 1. The van der Waals surface area contributed by atoms with E-state index < -0.39 is 16.1 Å². The van der Waals surface area contributed by atoms with Crippen LogP contribution in [0.5, 0.6) is 5.75 Å². The van der Waals surface area contributed by atoms with E-state index in [0.717, 1.165) is 0 Å². The maximum absolute atomic E-state index is 12.6. The molecule has 1 N–H and O–H groups in total. The van der Waals surface area contributed by atoms with Crippen LogP contribution in [0.4, 0.5) is 5.69 Å². The fourth-order valence-electron chi connectivity index (χ4n) is 2.89. The second-order valence-corrected chi connectivity index (χ2v) is 8.16. The summed E-state index contributed by atoms with van der Waals surface area (Å²) in [6.45, 7) is 0.449. The minimum absolute atomic E-state index is 0.265. The molecule has 1 amide bonds. The van der Waals surface area contributed by atoms with E-state index in [1.807, 2.05) is 0 Å². The number of nitrogens with one attached hydrogen (secondary N) is 1. The quantitative estimate of drug-likeness (QED) is 0.817. The average molecular weight is 395 g/mol. The van der Waals surface area contributed by atoms with Gasteiger partial charge in [-0.3, -0.25) is 4.79 Å². The number of methoxy groups -OCH3 is 1. The first-order chi connectivity index (χ1) is 12.4. The van der Waals surface area contributed by atoms with E-state index in [1.165, 1.54) is 0 Å². The SMILES string of the molecule is COc1ccc(N2CC[C@@H](NS(=O)(=O)Cc3ccccc3Cl)C2=O)cc1. The number of carbonyl (C=O) groups excluding carboxylic acids is 1. The average Bonchev–Trinajstić information content (AvgIpc) is 2.97. The molecule has 2 aromatic rings. The molecule has 1 saturated heterocycles. The number of anilines is 1. The number of nitrogens with zero attached hydrogens (tertiary/aromatic N) is 1. The highest BCUT2D eigenvalue weighted by Gasteiger charge is 2.35. The van der Waals surface area contributed by atoms with E-state index in [2.05, 4.69) is 4.72 Å². The van der Waals surface area contributed by atoms with Gasteiger partial charge in [0, 0.05) is 17.3 Å². The van der Waals surface area contributed by atoms with Crippen molar-refractivity contribution in [2.75, 3.05) is 18.6 Å². The molecule has 0 unspecified atom stereocenters. The van der Waals surface area contributed by atoms with E-state index in [-0.39, 0.29) is 11.7 Å². The van der Waals surface area contributed by atoms with E-state index in [1.54, 1.807) is 60.5 Å². The Balaban J connectivity index is 1.68. The van der Waals surface area contributed by atoms with E-state index >= 15 is 0 Å². The number of ether oxygens (including phenoxy) is 1. The molecule has 1 heterocycles. The molecule has 1 atom stereocenters. The molecule has 0 spiro atoms. The van der Waals surface area contributed by atoms with Crippen molar-refractivity contribution in [1.82, 2.24) is 4.72 Å². The third-order valence-corrected chi connectivity index (χ3v) is 5.92. The Morgan fingerprint density at radius 2 is 1.88 bits per heavy atom. The van der Waals surface area contributed by atoms with Gasteiger partial charge in [-0.2, -0.15) is 0 Å². The standard InChI is InChI=1S/C18H19ClN2O4S/c1-25-15-8-6-14(7-9-15)21-11-10-17(18(21)22)20-26(23,24)12-13-4-2-3-5-16(13)19/h2-9,17,20H,10-12H2,1H3/t17-/m1/s1. The third-order valence-electron chi connectivity index (χ3n) is 4.21. The summed E-state index contributed by atoms with van der Waals surface area (Å²) in [5.74, 6) is 0.161. The molecule has 3 rings (SSSR count). The molecule has 138 valence electrons. The molecule has 6 nitrogen and oxygen atoms in total. The molecule has 2 aromatic carbocycles.